The molecule has 0 bridgehead atoms. The summed E-state index contributed by atoms with van der Waals surface area (Å²) < 4.78 is 30.2. The van der Waals surface area contributed by atoms with Crippen molar-refractivity contribution in [3.63, 3.8) is 0 Å². The van der Waals surface area contributed by atoms with Gasteiger partial charge in [0.1, 0.15) is 5.76 Å². The zero-order valence-electron chi connectivity index (χ0n) is 12.3. The first-order valence-electron chi connectivity index (χ1n) is 6.83. The van der Waals surface area contributed by atoms with Gasteiger partial charge in [-0.15, -0.1) is 0 Å². The molecule has 0 aliphatic heterocycles. The van der Waals surface area contributed by atoms with Crippen LogP contribution in [0.2, 0.25) is 0 Å². The zero-order chi connectivity index (χ0) is 14.8. The minimum atomic E-state index is -3.47. The third kappa shape index (κ3) is 3.82. The first-order chi connectivity index (χ1) is 9.41. The van der Waals surface area contributed by atoms with Crippen molar-refractivity contribution in [3.05, 3.63) is 17.9 Å². The zero-order valence-corrected chi connectivity index (χ0v) is 13.1. The molecule has 1 aromatic rings. The largest absolute Gasteiger partial charge is 0.447 e. The average molecular weight is 301 g/mol. The smallest absolute Gasteiger partial charge is 0.275 e. The van der Waals surface area contributed by atoms with Crippen molar-refractivity contribution in [1.29, 1.82) is 0 Å². The fourth-order valence-corrected chi connectivity index (χ4v) is 2.75. The van der Waals surface area contributed by atoms with Gasteiger partial charge in [-0.3, -0.25) is 0 Å². The van der Waals surface area contributed by atoms with Crippen LogP contribution in [-0.2, 0) is 16.6 Å². The van der Waals surface area contributed by atoms with Gasteiger partial charge in [-0.2, -0.15) is 0 Å². The molecule has 0 atom stereocenters. The van der Waals surface area contributed by atoms with E-state index >= 15 is 0 Å². The Hall–Kier alpha value is -0.890. The molecule has 0 saturated heterocycles. The molecule has 1 aliphatic rings. The van der Waals surface area contributed by atoms with E-state index in [1.165, 1.54) is 33.0 Å². The molecule has 0 unspecified atom stereocenters. The first-order valence-corrected chi connectivity index (χ1v) is 8.27. The highest BCUT2D eigenvalue weighted by atomic mass is 32.2. The van der Waals surface area contributed by atoms with Crippen molar-refractivity contribution in [2.45, 2.75) is 30.5 Å². The van der Waals surface area contributed by atoms with Crippen molar-refractivity contribution >= 4 is 10.0 Å². The Morgan fingerprint density at radius 1 is 1.30 bits per heavy atom. The average Bonchev–Trinajstić information content (AvgIpc) is 3.13. The molecule has 1 heterocycles. The summed E-state index contributed by atoms with van der Waals surface area (Å²) in [6.45, 7) is 2.40. The maximum absolute atomic E-state index is 11.9. The molecule has 20 heavy (non-hydrogen) atoms. The van der Waals surface area contributed by atoms with Crippen LogP contribution in [0.1, 0.15) is 18.6 Å². The summed E-state index contributed by atoms with van der Waals surface area (Å²) in [7, 11) is 1.64. The highest BCUT2D eigenvalue weighted by Gasteiger charge is 2.25. The molecule has 0 spiro atoms. The third-order valence-corrected chi connectivity index (χ3v) is 5.17. The molecule has 6 nitrogen and oxygen atoms in total. The number of sulfonamides is 1. The summed E-state index contributed by atoms with van der Waals surface area (Å²) in [5.41, 5.74) is 0. The number of nitrogens with one attached hydrogen (secondary N) is 1. The van der Waals surface area contributed by atoms with Gasteiger partial charge < -0.3 is 14.6 Å². The van der Waals surface area contributed by atoms with Crippen LogP contribution in [0.25, 0.3) is 0 Å². The molecule has 0 radical (unpaired) electrons. The minimum absolute atomic E-state index is 0.00519. The molecule has 1 N–H and O–H groups in total. The van der Waals surface area contributed by atoms with E-state index in [0.29, 0.717) is 12.3 Å². The van der Waals surface area contributed by atoms with E-state index in [1.54, 1.807) is 6.07 Å². The topological polar surface area (TPSA) is 65.8 Å². The Labute approximate surface area is 120 Å². The standard InChI is InChI=1S/C13H23N3O3S/c1-15(2)20(17,18)13-7-6-12(19-13)10-14-8-9-16(3)11-4-5-11/h6-7,11,14H,4-5,8-10H2,1-3H3. The molecule has 2 rings (SSSR count). The van der Waals surface area contributed by atoms with Crippen LogP contribution in [0.4, 0.5) is 0 Å². The lowest BCUT2D eigenvalue weighted by molar-refractivity contribution is 0.317. The van der Waals surface area contributed by atoms with Gasteiger partial charge in [0, 0.05) is 33.2 Å². The number of hydrogen-bond donors (Lipinski definition) is 1. The van der Waals surface area contributed by atoms with Crippen molar-refractivity contribution in [2.24, 2.45) is 0 Å². The Kier molecular flexibility index (Phi) is 4.85. The third-order valence-electron chi connectivity index (χ3n) is 3.48. The summed E-state index contributed by atoms with van der Waals surface area (Å²) in [6.07, 6.45) is 2.61. The van der Waals surface area contributed by atoms with Crippen LogP contribution in [0.5, 0.6) is 0 Å². The summed E-state index contributed by atoms with van der Waals surface area (Å²) in [4.78, 5) is 2.34. The number of nitrogens with zero attached hydrogens (tertiary/aromatic N) is 2. The second kappa shape index (κ2) is 6.26. The molecule has 1 saturated carbocycles. The minimum Gasteiger partial charge on any atom is -0.447 e. The molecular formula is C13H23N3O3S. The normalized spacial score (nSPS) is 16.2. The molecule has 1 fully saturated rings. The van der Waals surface area contributed by atoms with Crippen LogP contribution in [-0.4, -0.2) is 57.9 Å². The first kappa shape index (κ1) is 15.5. The van der Waals surface area contributed by atoms with Crippen LogP contribution in [0.3, 0.4) is 0 Å². The van der Waals surface area contributed by atoms with E-state index in [9.17, 15) is 8.42 Å². The number of likely N-dealkylation sites (N-methyl/N-ethyl adjacent to an activating group) is 1. The van der Waals surface area contributed by atoms with Crippen molar-refractivity contribution in [2.75, 3.05) is 34.2 Å². The Bertz CT molecular complexity index is 535. The Morgan fingerprint density at radius 2 is 2.00 bits per heavy atom. The number of rotatable bonds is 8. The predicted octanol–water partition coefficient (Wildman–Crippen LogP) is 0.714. The maximum Gasteiger partial charge on any atom is 0.275 e. The molecule has 7 heteroatoms. The summed E-state index contributed by atoms with van der Waals surface area (Å²) >= 11 is 0. The van der Waals surface area contributed by atoms with Gasteiger partial charge in [-0.05, 0) is 32.0 Å². The van der Waals surface area contributed by atoms with Gasteiger partial charge >= 0.3 is 0 Å². The fourth-order valence-electron chi connectivity index (χ4n) is 1.94. The van der Waals surface area contributed by atoms with Crippen LogP contribution < -0.4 is 5.32 Å². The molecular weight excluding hydrogens is 278 g/mol. The second-order valence-corrected chi connectivity index (χ2v) is 7.48. The van der Waals surface area contributed by atoms with Gasteiger partial charge in [-0.1, -0.05) is 0 Å². The maximum atomic E-state index is 11.9. The van der Waals surface area contributed by atoms with Crippen LogP contribution >= 0.6 is 0 Å². The number of furan rings is 1. The highest BCUT2D eigenvalue weighted by Crippen LogP contribution is 2.24. The van der Waals surface area contributed by atoms with Gasteiger partial charge in [0.15, 0.2) is 0 Å². The predicted molar refractivity (Wildman–Crippen MR) is 76.9 cm³/mol. The van der Waals surface area contributed by atoms with E-state index in [1.807, 2.05) is 0 Å². The SMILES string of the molecule is CN(CCNCc1ccc(S(=O)(=O)N(C)C)o1)C1CC1. The molecule has 0 aromatic carbocycles. The van der Waals surface area contributed by atoms with E-state index in [2.05, 4.69) is 17.3 Å². The van der Waals surface area contributed by atoms with E-state index in [0.717, 1.165) is 23.4 Å². The fraction of sp³-hybridized carbons (Fsp3) is 0.692. The van der Waals surface area contributed by atoms with E-state index in [-0.39, 0.29) is 5.09 Å². The van der Waals surface area contributed by atoms with Gasteiger partial charge in [-0.25, -0.2) is 12.7 Å². The summed E-state index contributed by atoms with van der Waals surface area (Å²) in [6, 6.07) is 3.97. The van der Waals surface area contributed by atoms with Crippen molar-refractivity contribution in [3.8, 4) is 0 Å². The Morgan fingerprint density at radius 3 is 2.60 bits per heavy atom. The highest BCUT2D eigenvalue weighted by molar-refractivity contribution is 7.88. The van der Waals surface area contributed by atoms with E-state index < -0.39 is 10.0 Å². The Balaban J connectivity index is 1.78. The van der Waals surface area contributed by atoms with Crippen molar-refractivity contribution in [1.82, 2.24) is 14.5 Å². The quantitative estimate of drug-likeness (QED) is 0.717. The van der Waals surface area contributed by atoms with Gasteiger partial charge in [0.2, 0.25) is 5.09 Å². The van der Waals surface area contributed by atoms with Crippen LogP contribution in [0.15, 0.2) is 21.6 Å². The van der Waals surface area contributed by atoms with Gasteiger partial charge in [0.25, 0.3) is 10.0 Å². The number of hydrogen-bond acceptors (Lipinski definition) is 5. The second-order valence-electron chi connectivity index (χ2n) is 5.40. The molecule has 1 aliphatic carbocycles. The van der Waals surface area contributed by atoms with Crippen molar-refractivity contribution < 1.29 is 12.8 Å². The lowest BCUT2D eigenvalue weighted by Crippen LogP contribution is -2.30. The monoisotopic (exact) mass is 301 g/mol. The summed E-state index contributed by atoms with van der Waals surface area (Å²) in [5.74, 6) is 0.638. The lowest BCUT2D eigenvalue weighted by atomic mass is 10.4. The van der Waals surface area contributed by atoms with Crippen LogP contribution in [0, 0.1) is 0 Å². The van der Waals surface area contributed by atoms with Gasteiger partial charge in [0.05, 0.1) is 6.54 Å². The molecule has 0 amide bonds. The lowest BCUT2D eigenvalue weighted by Gasteiger charge is -2.15. The summed E-state index contributed by atoms with van der Waals surface area (Å²) in [5, 5.41) is 3.26. The van der Waals surface area contributed by atoms with E-state index in [4.69, 9.17) is 4.42 Å². The molecule has 114 valence electrons. The molecule has 1 aromatic heterocycles.